The van der Waals surface area contributed by atoms with E-state index in [0.717, 1.165) is 0 Å². The third kappa shape index (κ3) is 2.26. The smallest absolute Gasteiger partial charge is 0.248 e. The van der Waals surface area contributed by atoms with Crippen molar-refractivity contribution in [2.75, 3.05) is 7.11 Å². The number of ether oxygens (including phenoxy) is 1. The summed E-state index contributed by atoms with van der Waals surface area (Å²) in [6.45, 7) is 0. The van der Waals surface area contributed by atoms with E-state index in [0.29, 0.717) is 11.1 Å². The maximum atomic E-state index is 12.9. The molecule has 1 amide bonds. The van der Waals surface area contributed by atoms with Crippen LogP contribution in [0.1, 0.15) is 22.3 Å². The number of carbonyl (C=O) groups excluding carboxylic acids is 1. The zero-order valence-corrected chi connectivity index (χ0v) is 7.16. The lowest BCUT2D eigenvalue weighted by molar-refractivity contribution is -0.00662. The average Bonchev–Trinajstić information content (AvgIpc) is 2.17. The van der Waals surface area contributed by atoms with Gasteiger partial charge in [-0.3, -0.25) is 4.79 Å². The molecule has 1 aromatic rings. The number of primary amides is 1. The van der Waals surface area contributed by atoms with Crippen molar-refractivity contribution in [1.29, 1.82) is 0 Å². The lowest BCUT2D eigenvalue weighted by atomic mass is 10.1. The molecule has 0 fully saturated rings. The molecule has 0 aliphatic rings. The summed E-state index contributed by atoms with van der Waals surface area (Å²) >= 11 is 0. The molecule has 13 heavy (non-hydrogen) atoms. The number of hydrogen-bond donors (Lipinski definition) is 1. The van der Waals surface area contributed by atoms with E-state index in [9.17, 15) is 9.18 Å². The number of alkyl halides is 1. The predicted molar refractivity (Wildman–Crippen MR) is 45.8 cm³/mol. The van der Waals surface area contributed by atoms with Crippen LogP contribution in [-0.4, -0.2) is 13.0 Å². The molecule has 0 heterocycles. The summed E-state index contributed by atoms with van der Waals surface area (Å²) in [6.07, 6.45) is -1.46. The molecular weight excluding hydrogens is 173 g/mol. The molecule has 0 spiro atoms. The van der Waals surface area contributed by atoms with E-state index in [-0.39, 0.29) is 0 Å². The van der Waals surface area contributed by atoms with Gasteiger partial charge < -0.3 is 10.5 Å². The van der Waals surface area contributed by atoms with Crippen LogP contribution in [0.5, 0.6) is 0 Å². The standard InChI is InChI=1S/C9H10FNO2/c1-13-8(10)6-2-4-7(5-3-6)9(11)12/h2-5,8H,1H3,(H2,11,12). The largest absolute Gasteiger partial charge is 0.366 e. The van der Waals surface area contributed by atoms with Gasteiger partial charge in [-0.25, -0.2) is 4.39 Å². The zero-order valence-electron chi connectivity index (χ0n) is 7.16. The zero-order chi connectivity index (χ0) is 9.84. The van der Waals surface area contributed by atoms with E-state index in [1.165, 1.54) is 31.4 Å². The lowest BCUT2D eigenvalue weighted by Crippen LogP contribution is -2.10. The molecule has 0 bridgehead atoms. The van der Waals surface area contributed by atoms with Crippen LogP contribution in [0.3, 0.4) is 0 Å². The van der Waals surface area contributed by atoms with Gasteiger partial charge in [0.2, 0.25) is 12.3 Å². The average molecular weight is 183 g/mol. The van der Waals surface area contributed by atoms with Crippen LogP contribution < -0.4 is 5.73 Å². The topological polar surface area (TPSA) is 52.3 Å². The van der Waals surface area contributed by atoms with Crippen molar-refractivity contribution in [3.05, 3.63) is 35.4 Å². The van der Waals surface area contributed by atoms with Crippen molar-refractivity contribution in [1.82, 2.24) is 0 Å². The lowest BCUT2D eigenvalue weighted by Gasteiger charge is -2.05. The summed E-state index contributed by atoms with van der Waals surface area (Å²) in [5.74, 6) is -0.528. The molecule has 1 rings (SSSR count). The van der Waals surface area contributed by atoms with Gasteiger partial charge >= 0.3 is 0 Å². The number of carbonyl (C=O) groups is 1. The fraction of sp³-hybridized carbons (Fsp3) is 0.222. The summed E-state index contributed by atoms with van der Waals surface area (Å²) in [5, 5.41) is 0. The Morgan fingerprint density at radius 3 is 2.38 bits per heavy atom. The summed E-state index contributed by atoms with van der Waals surface area (Å²) in [6, 6.07) is 5.86. The normalized spacial score (nSPS) is 12.5. The minimum Gasteiger partial charge on any atom is -0.366 e. The number of hydrogen-bond acceptors (Lipinski definition) is 2. The van der Waals surface area contributed by atoms with Gasteiger partial charge in [-0.2, -0.15) is 0 Å². The molecule has 0 saturated heterocycles. The first-order valence-corrected chi connectivity index (χ1v) is 3.72. The van der Waals surface area contributed by atoms with E-state index in [1.807, 2.05) is 0 Å². The molecule has 2 N–H and O–H groups in total. The van der Waals surface area contributed by atoms with Crippen LogP contribution in [-0.2, 0) is 4.74 Å². The first kappa shape index (κ1) is 9.67. The van der Waals surface area contributed by atoms with Gasteiger partial charge in [0.05, 0.1) is 0 Å². The molecule has 0 aromatic heterocycles. The second-order valence-corrected chi connectivity index (χ2v) is 2.54. The van der Waals surface area contributed by atoms with Gasteiger partial charge in [-0.05, 0) is 12.1 Å². The van der Waals surface area contributed by atoms with E-state index in [4.69, 9.17) is 5.73 Å². The molecule has 0 aliphatic carbocycles. The summed E-state index contributed by atoms with van der Waals surface area (Å²) < 4.78 is 17.3. The maximum Gasteiger partial charge on any atom is 0.248 e. The van der Waals surface area contributed by atoms with Gasteiger partial charge in [-0.1, -0.05) is 12.1 Å². The summed E-state index contributed by atoms with van der Waals surface area (Å²) in [7, 11) is 1.27. The molecule has 3 nitrogen and oxygen atoms in total. The van der Waals surface area contributed by atoms with Gasteiger partial charge in [0.15, 0.2) is 0 Å². The number of halogens is 1. The van der Waals surface area contributed by atoms with E-state index in [2.05, 4.69) is 4.74 Å². The van der Waals surface area contributed by atoms with Crippen molar-refractivity contribution in [3.8, 4) is 0 Å². The molecular formula is C9H10FNO2. The maximum absolute atomic E-state index is 12.9. The van der Waals surface area contributed by atoms with Crippen LogP contribution in [0.4, 0.5) is 4.39 Å². The molecule has 1 unspecified atom stereocenters. The fourth-order valence-electron chi connectivity index (χ4n) is 0.935. The Morgan fingerprint density at radius 1 is 1.46 bits per heavy atom. The first-order valence-electron chi connectivity index (χ1n) is 3.72. The van der Waals surface area contributed by atoms with Gasteiger partial charge in [0.25, 0.3) is 0 Å². The first-order chi connectivity index (χ1) is 6.15. The number of amides is 1. The highest BCUT2D eigenvalue weighted by molar-refractivity contribution is 5.92. The van der Waals surface area contributed by atoms with Crippen LogP contribution in [0.2, 0.25) is 0 Å². The molecule has 0 saturated carbocycles. The Bertz CT molecular complexity index is 297. The number of benzene rings is 1. The van der Waals surface area contributed by atoms with Crippen molar-refractivity contribution in [3.63, 3.8) is 0 Å². The summed E-state index contributed by atoms with van der Waals surface area (Å²) in [5.41, 5.74) is 5.73. The number of methoxy groups -OCH3 is 1. The van der Waals surface area contributed by atoms with E-state index >= 15 is 0 Å². The molecule has 0 aliphatic heterocycles. The van der Waals surface area contributed by atoms with Gasteiger partial charge in [0.1, 0.15) is 0 Å². The van der Waals surface area contributed by atoms with E-state index < -0.39 is 12.3 Å². The highest BCUT2D eigenvalue weighted by atomic mass is 19.1. The van der Waals surface area contributed by atoms with Crippen LogP contribution >= 0.6 is 0 Å². The minimum absolute atomic E-state index is 0.354. The Morgan fingerprint density at radius 2 is 2.00 bits per heavy atom. The molecule has 0 radical (unpaired) electrons. The highest BCUT2D eigenvalue weighted by Crippen LogP contribution is 2.17. The molecule has 1 atom stereocenters. The Balaban J connectivity index is 2.87. The van der Waals surface area contributed by atoms with E-state index in [1.54, 1.807) is 0 Å². The highest BCUT2D eigenvalue weighted by Gasteiger charge is 2.07. The monoisotopic (exact) mass is 183 g/mol. The second kappa shape index (κ2) is 4.00. The van der Waals surface area contributed by atoms with Crippen molar-refractivity contribution in [2.45, 2.75) is 6.36 Å². The molecule has 1 aromatic carbocycles. The number of nitrogens with two attached hydrogens (primary N) is 1. The Hall–Kier alpha value is -1.42. The van der Waals surface area contributed by atoms with Crippen molar-refractivity contribution >= 4 is 5.91 Å². The van der Waals surface area contributed by atoms with Gasteiger partial charge in [0, 0.05) is 18.2 Å². The summed E-state index contributed by atoms with van der Waals surface area (Å²) in [4.78, 5) is 10.6. The minimum atomic E-state index is -1.46. The molecule has 70 valence electrons. The quantitative estimate of drug-likeness (QED) is 0.770. The SMILES string of the molecule is COC(F)c1ccc(C(N)=O)cc1. The molecule has 4 heteroatoms. The Kier molecular flexibility index (Phi) is 2.97. The van der Waals surface area contributed by atoms with Crippen molar-refractivity contribution < 1.29 is 13.9 Å². The van der Waals surface area contributed by atoms with Crippen LogP contribution in [0.15, 0.2) is 24.3 Å². The fourth-order valence-corrected chi connectivity index (χ4v) is 0.935. The predicted octanol–water partition coefficient (Wildman–Crippen LogP) is 1.40. The van der Waals surface area contributed by atoms with Crippen molar-refractivity contribution in [2.24, 2.45) is 5.73 Å². The Labute approximate surface area is 75.3 Å². The second-order valence-electron chi connectivity index (χ2n) is 2.54. The third-order valence-corrected chi connectivity index (χ3v) is 1.66. The van der Waals surface area contributed by atoms with Crippen LogP contribution in [0, 0.1) is 0 Å². The number of rotatable bonds is 3. The van der Waals surface area contributed by atoms with Crippen LogP contribution in [0.25, 0.3) is 0 Å². The third-order valence-electron chi connectivity index (χ3n) is 1.66. The van der Waals surface area contributed by atoms with Gasteiger partial charge in [-0.15, -0.1) is 0 Å².